The van der Waals surface area contributed by atoms with Gasteiger partial charge >= 0.3 is 29.6 Å². The molecule has 0 aliphatic rings. The summed E-state index contributed by atoms with van der Waals surface area (Å²) in [6.07, 6.45) is 21.3. The number of aryl methyl sites for hydroxylation is 1. The molecule has 0 amide bonds. The van der Waals surface area contributed by atoms with Crippen LogP contribution in [0.5, 0.6) is 5.75 Å². The molecule has 4 nitrogen and oxygen atoms in total. The van der Waals surface area contributed by atoms with E-state index in [2.05, 4.69) is 6.92 Å². The van der Waals surface area contributed by atoms with Gasteiger partial charge in [0.05, 0.1) is 4.90 Å². The van der Waals surface area contributed by atoms with Crippen LogP contribution in [0.25, 0.3) is 0 Å². The van der Waals surface area contributed by atoms with Gasteiger partial charge in [-0.2, -0.15) is 8.42 Å². The summed E-state index contributed by atoms with van der Waals surface area (Å²) in [7, 11) is -4.24. The van der Waals surface area contributed by atoms with Crippen molar-refractivity contribution < 1.29 is 47.6 Å². The Labute approximate surface area is 207 Å². The van der Waals surface area contributed by atoms with Gasteiger partial charge in [-0.15, -0.1) is 5.75 Å². The fourth-order valence-corrected chi connectivity index (χ4v) is 4.31. The summed E-state index contributed by atoms with van der Waals surface area (Å²) in [4.78, 5) is -0.191. The average molecular weight is 449 g/mol. The van der Waals surface area contributed by atoms with E-state index in [-0.39, 0.29) is 40.2 Å². The van der Waals surface area contributed by atoms with Crippen LogP contribution < -0.4 is 34.7 Å². The number of benzene rings is 1. The van der Waals surface area contributed by atoms with Crippen molar-refractivity contribution in [3.63, 3.8) is 0 Å². The van der Waals surface area contributed by atoms with E-state index >= 15 is 0 Å². The Morgan fingerprint density at radius 3 is 1.53 bits per heavy atom. The molecule has 0 saturated heterocycles. The van der Waals surface area contributed by atoms with Crippen molar-refractivity contribution in [1.29, 1.82) is 0 Å². The Hall–Kier alpha value is -0.0700. The van der Waals surface area contributed by atoms with E-state index in [1.807, 2.05) is 0 Å². The second kappa shape index (κ2) is 18.5. The first-order valence-electron chi connectivity index (χ1n) is 11.7. The topological polar surface area (TPSA) is 77.4 Å². The molecule has 0 aliphatic carbocycles. The molecule has 0 fully saturated rings. The maximum absolute atomic E-state index is 11.8. The zero-order valence-corrected chi connectivity index (χ0v) is 22.1. The molecule has 0 atom stereocenters. The minimum absolute atomic E-state index is 0. The third-order valence-corrected chi connectivity index (χ3v) is 6.48. The number of rotatable bonds is 18. The van der Waals surface area contributed by atoms with Gasteiger partial charge in [-0.3, -0.25) is 4.55 Å². The van der Waals surface area contributed by atoms with E-state index in [0.29, 0.717) is 12.0 Å². The molecule has 0 aromatic heterocycles. The fraction of sp³-hybridized carbons (Fsp3) is 0.750. The van der Waals surface area contributed by atoms with Crippen LogP contribution in [0.4, 0.5) is 0 Å². The van der Waals surface area contributed by atoms with E-state index in [4.69, 9.17) is 4.55 Å². The first-order valence-corrected chi connectivity index (χ1v) is 13.2. The minimum Gasteiger partial charge on any atom is -0.872 e. The van der Waals surface area contributed by atoms with Crippen LogP contribution in [0, 0.1) is 0 Å². The molecule has 0 saturated carbocycles. The Bertz CT molecular complexity index is 647. The smallest absolute Gasteiger partial charge is 0.872 e. The van der Waals surface area contributed by atoms with Crippen molar-refractivity contribution in [2.75, 3.05) is 0 Å². The Morgan fingerprint density at radius 1 is 0.733 bits per heavy atom. The summed E-state index contributed by atoms with van der Waals surface area (Å²) in [5, 5.41) is 11.8. The van der Waals surface area contributed by atoms with E-state index in [0.717, 1.165) is 25.3 Å². The first kappa shape index (κ1) is 29.9. The minimum atomic E-state index is -4.24. The molecule has 0 spiro atoms. The zero-order chi connectivity index (χ0) is 21.4. The molecule has 0 heterocycles. The number of hydrogen-bond acceptors (Lipinski definition) is 3. The van der Waals surface area contributed by atoms with Gasteiger partial charge in [-0.25, -0.2) is 0 Å². The fourth-order valence-electron chi connectivity index (χ4n) is 3.78. The Morgan fingerprint density at radius 2 is 1.13 bits per heavy atom. The van der Waals surface area contributed by atoms with E-state index in [1.165, 1.54) is 95.6 Å². The van der Waals surface area contributed by atoms with Crippen molar-refractivity contribution in [3.05, 3.63) is 23.8 Å². The molecule has 30 heavy (non-hydrogen) atoms. The average Bonchev–Trinajstić information content (AvgIpc) is 2.68. The molecule has 0 radical (unpaired) electrons. The Kier molecular flexibility index (Phi) is 18.5. The summed E-state index contributed by atoms with van der Waals surface area (Å²) < 4.78 is 31.4. The van der Waals surface area contributed by atoms with Gasteiger partial charge in [-0.1, -0.05) is 115 Å². The van der Waals surface area contributed by atoms with Crippen LogP contribution >= 0.6 is 0 Å². The van der Waals surface area contributed by atoms with Crippen molar-refractivity contribution in [3.8, 4) is 5.75 Å². The van der Waals surface area contributed by atoms with Gasteiger partial charge in [0, 0.05) is 0 Å². The Balaban J connectivity index is 0.00000841. The largest absolute Gasteiger partial charge is 1.00 e. The zero-order valence-electron chi connectivity index (χ0n) is 19.3. The molecule has 1 N–H and O–H groups in total. The predicted molar refractivity (Wildman–Crippen MR) is 119 cm³/mol. The molecule has 0 aliphatic heterocycles. The standard InChI is InChI=1S/C24H42O4S.Na/c1-2-3-4-5-6-7-8-9-10-11-12-13-14-15-16-17-18-22-21-23(29(26,27)28)19-20-24(22)25;/h19-21,25H,2-18H2,1H3,(H,26,27,28);/q;+1/p-1. The van der Waals surface area contributed by atoms with Crippen LogP contribution in [0.3, 0.4) is 0 Å². The first-order chi connectivity index (χ1) is 13.9. The van der Waals surface area contributed by atoms with Crippen LogP contribution in [0.1, 0.15) is 115 Å². The van der Waals surface area contributed by atoms with Gasteiger partial charge < -0.3 is 5.11 Å². The van der Waals surface area contributed by atoms with E-state index in [9.17, 15) is 13.5 Å². The summed E-state index contributed by atoms with van der Waals surface area (Å²) in [6.45, 7) is 2.26. The van der Waals surface area contributed by atoms with Crippen LogP contribution in [-0.2, 0) is 16.5 Å². The molecule has 1 aromatic rings. The summed E-state index contributed by atoms with van der Waals surface area (Å²) >= 11 is 0. The second-order valence-electron chi connectivity index (χ2n) is 8.30. The maximum atomic E-state index is 11.8. The summed E-state index contributed by atoms with van der Waals surface area (Å²) in [5.41, 5.74) is 0.477. The molecule has 0 bridgehead atoms. The van der Waals surface area contributed by atoms with Crippen LogP contribution in [-0.4, -0.2) is 13.0 Å². The van der Waals surface area contributed by atoms with Crippen molar-refractivity contribution in [1.82, 2.24) is 0 Å². The monoisotopic (exact) mass is 448 g/mol. The normalized spacial score (nSPS) is 11.4. The van der Waals surface area contributed by atoms with Gasteiger partial charge in [0.2, 0.25) is 0 Å². The summed E-state index contributed by atoms with van der Waals surface area (Å²) in [6, 6.07) is 3.70. The van der Waals surface area contributed by atoms with Gasteiger partial charge in [0.1, 0.15) is 0 Å². The maximum Gasteiger partial charge on any atom is 1.00 e. The van der Waals surface area contributed by atoms with Crippen molar-refractivity contribution >= 4 is 10.1 Å². The predicted octanol–water partition coefficient (Wildman–Crippen LogP) is 3.81. The van der Waals surface area contributed by atoms with Gasteiger partial charge in [0.15, 0.2) is 0 Å². The third-order valence-electron chi connectivity index (χ3n) is 5.63. The molecular weight excluding hydrogens is 407 g/mol. The van der Waals surface area contributed by atoms with E-state index in [1.54, 1.807) is 0 Å². The van der Waals surface area contributed by atoms with Crippen molar-refractivity contribution in [2.24, 2.45) is 0 Å². The van der Waals surface area contributed by atoms with Gasteiger partial charge in [-0.05, 0) is 25.0 Å². The van der Waals surface area contributed by atoms with Gasteiger partial charge in [0.25, 0.3) is 10.1 Å². The molecular formula is C24H41NaO4S. The third kappa shape index (κ3) is 14.9. The van der Waals surface area contributed by atoms with E-state index < -0.39 is 10.1 Å². The SMILES string of the molecule is CCCCCCCCCCCCCCCCCCc1cc(S(=O)(=O)O)ccc1[O-].[Na+]. The van der Waals surface area contributed by atoms with Crippen molar-refractivity contribution in [2.45, 2.75) is 121 Å². The van der Waals surface area contributed by atoms with Crippen LogP contribution in [0.15, 0.2) is 23.1 Å². The molecule has 6 heteroatoms. The number of hydrogen-bond donors (Lipinski definition) is 1. The molecule has 0 unspecified atom stereocenters. The molecule has 168 valence electrons. The second-order valence-corrected chi connectivity index (χ2v) is 9.72. The number of unbranched alkanes of at least 4 members (excludes halogenated alkanes) is 15. The molecule has 1 rings (SSSR count). The summed E-state index contributed by atoms with van der Waals surface area (Å²) in [5.74, 6) is -0.154. The molecule has 1 aromatic carbocycles. The quantitative estimate of drug-likeness (QED) is 0.210. The van der Waals surface area contributed by atoms with Crippen LogP contribution in [0.2, 0.25) is 0 Å².